The molecule has 1 fully saturated rings. The van der Waals surface area contributed by atoms with Crippen molar-refractivity contribution in [3.05, 3.63) is 56.8 Å². The highest BCUT2D eigenvalue weighted by atomic mass is 79.9. The summed E-state index contributed by atoms with van der Waals surface area (Å²) in [5.74, 6) is 0.705. The Morgan fingerprint density at radius 2 is 1.89 bits per heavy atom. The van der Waals surface area contributed by atoms with Gasteiger partial charge in [0.15, 0.2) is 0 Å². The first kappa shape index (κ1) is 20.8. The minimum Gasteiger partial charge on any atom is -0.426 e. The average Bonchev–Trinajstić information content (AvgIpc) is 3.10. The van der Waals surface area contributed by atoms with Crippen LogP contribution in [0.4, 0.5) is 0 Å². The van der Waals surface area contributed by atoms with Crippen LogP contribution in [0.1, 0.15) is 41.7 Å². The van der Waals surface area contributed by atoms with E-state index in [4.69, 9.17) is 4.42 Å². The van der Waals surface area contributed by atoms with Crippen molar-refractivity contribution in [3.8, 4) is 11.1 Å². The molecule has 1 unspecified atom stereocenters. The lowest BCUT2D eigenvalue weighted by Crippen LogP contribution is -2.28. The zero-order chi connectivity index (χ0) is 18.1. The number of hydrogen-bond donors (Lipinski definition) is 0. The van der Waals surface area contributed by atoms with Gasteiger partial charge in [0.05, 0.1) is 10.2 Å². The van der Waals surface area contributed by atoms with Gasteiger partial charge >= 0.3 is 5.63 Å². The van der Waals surface area contributed by atoms with Crippen molar-refractivity contribution in [1.29, 1.82) is 0 Å². The van der Waals surface area contributed by atoms with E-state index in [0.717, 1.165) is 23.1 Å². The zero-order valence-corrected chi connectivity index (χ0v) is 19.4. The molecule has 3 heterocycles. The Morgan fingerprint density at radius 1 is 1.19 bits per heavy atom. The molecule has 1 aliphatic rings. The quantitative estimate of drug-likeness (QED) is 0.372. The third-order valence-corrected chi connectivity index (χ3v) is 6.33. The van der Waals surface area contributed by atoms with Crippen LogP contribution in [0.15, 0.2) is 44.9 Å². The smallest absolute Gasteiger partial charge is 0.343 e. The lowest BCUT2D eigenvalue weighted by Gasteiger charge is -2.25. The highest BCUT2D eigenvalue weighted by Gasteiger charge is 2.20. The van der Waals surface area contributed by atoms with Crippen LogP contribution >= 0.6 is 44.2 Å². The third-order valence-electron chi connectivity index (χ3n) is 5.00. The zero-order valence-electron chi connectivity index (χ0n) is 15.2. The molecule has 0 radical (unpaired) electrons. The Kier molecular flexibility index (Phi) is 6.95. The van der Waals surface area contributed by atoms with E-state index >= 15 is 0 Å². The number of thiophene rings is 1. The van der Waals surface area contributed by atoms with Gasteiger partial charge in [0, 0.05) is 22.4 Å². The Bertz CT molecular complexity index is 974. The average molecular weight is 513 g/mol. The molecular formula is C21H23Br2NO2S. The molecule has 3 nitrogen and oxygen atoms in total. The first-order chi connectivity index (χ1) is 12.6. The number of nitrogens with zero attached hydrogens (tertiary/aromatic N) is 1. The van der Waals surface area contributed by atoms with Crippen LogP contribution in [-0.4, -0.2) is 18.0 Å². The van der Waals surface area contributed by atoms with Crippen molar-refractivity contribution in [1.82, 2.24) is 4.90 Å². The van der Waals surface area contributed by atoms with Gasteiger partial charge in [-0.15, -0.1) is 28.3 Å². The summed E-state index contributed by atoms with van der Waals surface area (Å²) in [5, 5.41) is 3.80. The second kappa shape index (κ2) is 9.03. The van der Waals surface area contributed by atoms with Gasteiger partial charge in [-0.25, -0.2) is 4.79 Å². The van der Waals surface area contributed by atoms with Crippen LogP contribution in [0.2, 0.25) is 0 Å². The molecule has 27 heavy (non-hydrogen) atoms. The summed E-state index contributed by atoms with van der Waals surface area (Å²) in [6.45, 7) is 5.40. The van der Waals surface area contributed by atoms with Crippen LogP contribution in [0, 0.1) is 0 Å². The van der Waals surface area contributed by atoms with E-state index in [9.17, 15) is 4.79 Å². The molecule has 0 amide bonds. The molecule has 3 aromatic rings. The minimum absolute atomic E-state index is 0. The summed E-state index contributed by atoms with van der Waals surface area (Å²) in [7, 11) is 0. The standard InChI is InChI=1S/C21H22BrNO2S.BrH/c1-14(22)20-19(17-7-3-4-8-18(17)21(24)25-20)15-11-16(26-13-15)12-23-9-5-2-6-10-23;/h3-4,7-8,11,13-14H,2,5-6,9-10,12H2,1H3;1H. The second-order valence-corrected chi connectivity index (χ2v) is 9.30. The molecule has 6 heteroatoms. The molecule has 2 aromatic heterocycles. The van der Waals surface area contributed by atoms with E-state index in [0.29, 0.717) is 11.1 Å². The highest BCUT2D eigenvalue weighted by molar-refractivity contribution is 9.09. The Hall–Kier alpha value is -0.950. The molecule has 1 aromatic carbocycles. The van der Waals surface area contributed by atoms with Crippen molar-refractivity contribution < 1.29 is 4.42 Å². The van der Waals surface area contributed by atoms with E-state index in [1.54, 1.807) is 11.3 Å². The lowest BCUT2D eigenvalue weighted by atomic mass is 9.99. The van der Waals surface area contributed by atoms with Crippen LogP contribution in [0.25, 0.3) is 21.9 Å². The van der Waals surface area contributed by atoms with Crippen LogP contribution in [-0.2, 0) is 6.54 Å². The second-order valence-electron chi connectivity index (χ2n) is 6.93. The molecule has 4 rings (SSSR count). The van der Waals surface area contributed by atoms with Crippen molar-refractivity contribution in [3.63, 3.8) is 0 Å². The van der Waals surface area contributed by atoms with Crippen LogP contribution in [0.3, 0.4) is 0 Å². The van der Waals surface area contributed by atoms with Crippen LogP contribution < -0.4 is 5.63 Å². The normalized spacial score (nSPS) is 16.2. The van der Waals surface area contributed by atoms with Crippen LogP contribution in [0.5, 0.6) is 0 Å². The number of halogens is 2. The van der Waals surface area contributed by atoms with Crippen molar-refractivity contribution in [2.75, 3.05) is 13.1 Å². The fourth-order valence-corrected chi connectivity index (χ4v) is 4.97. The van der Waals surface area contributed by atoms with E-state index in [1.165, 1.54) is 37.2 Å². The molecule has 1 aliphatic heterocycles. The Balaban J connectivity index is 0.00000210. The van der Waals surface area contributed by atoms with Crippen molar-refractivity contribution >= 4 is 55.0 Å². The Labute approximate surface area is 182 Å². The van der Waals surface area contributed by atoms with Gasteiger partial charge in [-0.05, 0) is 55.9 Å². The number of benzene rings is 1. The maximum absolute atomic E-state index is 12.4. The summed E-state index contributed by atoms with van der Waals surface area (Å²) in [5.41, 5.74) is 1.91. The van der Waals surface area contributed by atoms with Gasteiger partial charge < -0.3 is 4.42 Å². The monoisotopic (exact) mass is 511 g/mol. The highest BCUT2D eigenvalue weighted by Crippen LogP contribution is 2.38. The molecule has 0 spiro atoms. The number of alkyl halides is 1. The first-order valence-corrected chi connectivity index (χ1v) is 10.9. The van der Waals surface area contributed by atoms with E-state index < -0.39 is 0 Å². The number of likely N-dealkylation sites (tertiary alicyclic amines) is 1. The number of rotatable bonds is 4. The third kappa shape index (κ3) is 4.39. The van der Waals surface area contributed by atoms with Crippen molar-refractivity contribution in [2.45, 2.75) is 37.6 Å². The summed E-state index contributed by atoms with van der Waals surface area (Å²) in [6, 6.07) is 9.99. The number of hydrogen-bond acceptors (Lipinski definition) is 4. The van der Waals surface area contributed by atoms with E-state index in [2.05, 4.69) is 32.3 Å². The summed E-state index contributed by atoms with van der Waals surface area (Å²) >= 11 is 5.39. The first-order valence-electron chi connectivity index (χ1n) is 9.13. The molecule has 144 valence electrons. The SMILES string of the molecule is Br.CC(Br)c1oc(=O)c2ccccc2c1-c1csc(CN2CCCCC2)c1. The fourth-order valence-electron chi connectivity index (χ4n) is 3.73. The summed E-state index contributed by atoms with van der Waals surface area (Å²) in [6.07, 6.45) is 3.96. The van der Waals surface area contributed by atoms with Gasteiger partial charge in [-0.3, -0.25) is 4.90 Å². The minimum atomic E-state index is -0.269. The predicted molar refractivity (Wildman–Crippen MR) is 123 cm³/mol. The summed E-state index contributed by atoms with van der Waals surface area (Å²) < 4.78 is 5.69. The molecular weight excluding hydrogens is 490 g/mol. The van der Waals surface area contributed by atoms with E-state index in [1.807, 2.05) is 31.2 Å². The maximum Gasteiger partial charge on any atom is 0.343 e. The number of piperidine rings is 1. The Morgan fingerprint density at radius 3 is 2.59 bits per heavy atom. The largest absolute Gasteiger partial charge is 0.426 e. The fraction of sp³-hybridized carbons (Fsp3) is 0.381. The molecule has 0 N–H and O–H groups in total. The van der Waals surface area contributed by atoms with E-state index in [-0.39, 0.29) is 27.4 Å². The predicted octanol–water partition coefficient (Wildman–Crippen LogP) is 6.54. The molecule has 0 bridgehead atoms. The lowest BCUT2D eigenvalue weighted by molar-refractivity contribution is 0.222. The molecule has 1 atom stereocenters. The van der Waals surface area contributed by atoms with Gasteiger partial charge in [0.2, 0.25) is 0 Å². The summed E-state index contributed by atoms with van der Waals surface area (Å²) in [4.78, 5) is 16.2. The molecule has 1 saturated heterocycles. The van der Waals surface area contributed by atoms with Gasteiger partial charge in [0.25, 0.3) is 0 Å². The maximum atomic E-state index is 12.4. The number of fused-ring (bicyclic) bond motifs is 1. The van der Waals surface area contributed by atoms with Gasteiger partial charge in [0.1, 0.15) is 5.76 Å². The molecule has 0 aliphatic carbocycles. The molecule has 0 saturated carbocycles. The topological polar surface area (TPSA) is 33.5 Å². The van der Waals surface area contributed by atoms with Gasteiger partial charge in [-0.1, -0.05) is 40.5 Å². The van der Waals surface area contributed by atoms with Gasteiger partial charge in [-0.2, -0.15) is 0 Å². The van der Waals surface area contributed by atoms with Crippen molar-refractivity contribution in [2.24, 2.45) is 0 Å².